The summed E-state index contributed by atoms with van der Waals surface area (Å²) in [5.41, 5.74) is 0.694. The van der Waals surface area contributed by atoms with E-state index in [1.165, 1.54) is 0 Å². The number of aryl methyl sites for hydroxylation is 2. The molecule has 1 amide bonds. The number of carbonyl (C=O) groups excluding carboxylic acids is 2. The lowest BCUT2D eigenvalue weighted by Crippen LogP contribution is -2.40. The maximum Gasteiger partial charge on any atom is 0.308 e. The summed E-state index contributed by atoms with van der Waals surface area (Å²) in [6, 6.07) is 1.56. The van der Waals surface area contributed by atoms with Crippen molar-refractivity contribution < 1.29 is 19.5 Å². The SMILES string of the molecule is Cc1cc(C(=O)CCC(=O)N[C@@H]2CCC[C@@H]2C(=O)O)c(C)s1. The number of aliphatic carboxylic acids is 1. The molecule has 5 nitrogen and oxygen atoms in total. The third kappa shape index (κ3) is 3.94. The third-order valence-electron chi connectivity index (χ3n) is 4.10. The van der Waals surface area contributed by atoms with E-state index >= 15 is 0 Å². The van der Waals surface area contributed by atoms with Crippen LogP contribution >= 0.6 is 11.3 Å². The molecule has 0 bridgehead atoms. The Kier molecular flexibility index (Phi) is 5.34. The number of carboxylic acid groups (broad SMARTS) is 1. The highest BCUT2D eigenvalue weighted by Crippen LogP contribution is 2.26. The number of carboxylic acids is 1. The summed E-state index contributed by atoms with van der Waals surface area (Å²) in [6.07, 6.45) is 2.38. The summed E-state index contributed by atoms with van der Waals surface area (Å²) in [7, 11) is 0. The van der Waals surface area contributed by atoms with E-state index in [0.29, 0.717) is 18.4 Å². The van der Waals surface area contributed by atoms with Gasteiger partial charge < -0.3 is 10.4 Å². The van der Waals surface area contributed by atoms with Gasteiger partial charge in [-0.3, -0.25) is 14.4 Å². The number of ketones is 1. The molecule has 22 heavy (non-hydrogen) atoms. The lowest BCUT2D eigenvalue weighted by atomic mass is 10.0. The monoisotopic (exact) mass is 323 g/mol. The van der Waals surface area contributed by atoms with Crippen molar-refractivity contribution in [3.8, 4) is 0 Å². The highest BCUT2D eigenvalue weighted by atomic mass is 32.1. The van der Waals surface area contributed by atoms with Gasteiger partial charge in [0.2, 0.25) is 5.91 Å². The van der Waals surface area contributed by atoms with Crippen LogP contribution in [0.2, 0.25) is 0 Å². The Morgan fingerprint density at radius 1 is 1.27 bits per heavy atom. The molecule has 0 spiro atoms. The van der Waals surface area contributed by atoms with Crippen molar-refractivity contribution in [3.63, 3.8) is 0 Å². The largest absolute Gasteiger partial charge is 0.481 e. The van der Waals surface area contributed by atoms with Gasteiger partial charge in [-0.05, 0) is 32.8 Å². The molecule has 1 fully saturated rings. The van der Waals surface area contributed by atoms with E-state index in [1.54, 1.807) is 11.3 Å². The van der Waals surface area contributed by atoms with Crippen LogP contribution < -0.4 is 5.32 Å². The maximum atomic E-state index is 12.1. The Bertz CT molecular complexity index is 593. The lowest BCUT2D eigenvalue weighted by Gasteiger charge is -2.17. The first-order chi connectivity index (χ1) is 10.4. The molecule has 6 heteroatoms. The Morgan fingerprint density at radius 3 is 2.59 bits per heavy atom. The number of hydrogen-bond donors (Lipinski definition) is 2. The normalized spacial score (nSPS) is 20.8. The predicted octanol–water partition coefficient (Wildman–Crippen LogP) is 2.70. The Balaban J connectivity index is 1.84. The molecular formula is C16H21NO4S. The summed E-state index contributed by atoms with van der Waals surface area (Å²) < 4.78 is 0. The van der Waals surface area contributed by atoms with E-state index in [4.69, 9.17) is 5.11 Å². The van der Waals surface area contributed by atoms with Crippen LogP contribution in [-0.4, -0.2) is 28.8 Å². The number of carbonyl (C=O) groups is 3. The summed E-state index contributed by atoms with van der Waals surface area (Å²) in [4.78, 5) is 37.2. The summed E-state index contributed by atoms with van der Waals surface area (Å²) in [5.74, 6) is -1.63. The topological polar surface area (TPSA) is 83.5 Å². The molecule has 1 saturated carbocycles. The molecule has 0 aromatic carbocycles. The van der Waals surface area contributed by atoms with Crippen LogP contribution in [-0.2, 0) is 9.59 Å². The van der Waals surface area contributed by atoms with Gasteiger partial charge in [0.05, 0.1) is 5.92 Å². The Hall–Kier alpha value is -1.69. The van der Waals surface area contributed by atoms with Gasteiger partial charge in [-0.2, -0.15) is 0 Å². The van der Waals surface area contributed by atoms with Gasteiger partial charge in [0.25, 0.3) is 0 Å². The van der Waals surface area contributed by atoms with Crippen molar-refractivity contribution in [2.24, 2.45) is 5.92 Å². The zero-order valence-electron chi connectivity index (χ0n) is 12.8. The van der Waals surface area contributed by atoms with E-state index in [0.717, 1.165) is 16.2 Å². The first kappa shape index (κ1) is 16.7. The number of thiophene rings is 1. The molecule has 1 aliphatic rings. The molecule has 0 aliphatic heterocycles. The number of Topliss-reactive ketones (excluding diaryl/α,β-unsaturated/α-hetero) is 1. The Labute approximate surface area is 133 Å². The fraction of sp³-hybridized carbons (Fsp3) is 0.562. The molecule has 0 unspecified atom stereocenters. The molecule has 2 rings (SSSR count). The number of amides is 1. The van der Waals surface area contributed by atoms with E-state index in [-0.39, 0.29) is 30.6 Å². The summed E-state index contributed by atoms with van der Waals surface area (Å²) in [6.45, 7) is 3.86. The fourth-order valence-electron chi connectivity index (χ4n) is 2.98. The highest BCUT2D eigenvalue weighted by molar-refractivity contribution is 7.12. The van der Waals surface area contributed by atoms with Crippen molar-refractivity contribution >= 4 is 29.0 Å². The van der Waals surface area contributed by atoms with E-state index in [9.17, 15) is 14.4 Å². The smallest absolute Gasteiger partial charge is 0.308 e. The van der Waals surface area contributed by atoms with Gasteiger partial charge in [0, 0.05) is 34.2 Å². The van der Waals surface area contributed by atoms with Gasteiger partial charge in [-0.15, -0.1) is 11.3 Å². The first-order valence-electron chi connectivity index (χ1n) is 7.51. The Morgan fingerprint density at radius 2 is 2.00 bits per heavy atom. The third-order valence-corrected chi connectivity index (χ3v) is 5.07. The second kappa shape index (κ2) is 7.05. The van der Waals surface area contributed by atoms with Crippen LogP contribution in [0, 0.1) is 19.8 Å². The van der Waals surface area contributed by atoms with Crippen molar-refractivity contribution in [1.82, 2.24) is 5.32 Å². The van der Waals surface area contributed by atoms with Crippen LogP contribution in [0.1, 0.15) is 52.2 Å². The first-order valence-corrected chi connectivity index (χ1v) is 8.32. The molecule has 1 aromatic rings. The zero-order chi connectivity index (χ0) is 16.3. The quantitative estimate of drug-likeness (QED) is 0.788. The summed E-state index contributed by atoms with van der Waals surface area (Å²) >= 11 is 1.57. The maximum absolute atomic E-state index is 12.1. The lowest BCUT2D eigenvalue weighted by molar-refractivity contribution is -0.142. The van der Waals surface area contributed by atoms with Crippen molar-refractivity contribution in [3.05, 3.63) is 21.4 Å². The minimum Gasteiger partial charge on any atom is -0.481 e. The molecule has 1 heterocycles. The average Bonchev–Trinajstić information content (AvgIpc) is 3.02. The van der Waals surface area contributed by atoms with Gasteiger partial charge in [0.15, 0.2) is 5.78 Å². The van der Waals surface area contributed by atoms with Crippen LogP contribution in [0.4, 0.5) is 0 Å². The second-order valence-corrected chi connectivity index (χ2v) is 7.26. The highest BCUT2D eigenvalue weighted by Gasteiger charge is 2.33. The number of hydrogen-bond acceptors (Lipinski definition) is 4. The van der Waals surface area contributed by atoms with Gasteiger partial charge in [-0.25, -0.2) is 0 Å². The van der Waals surface area contributed by atoms with Crippen LogP contribution in [0.3, 0.4) is 0 Å². The van der Waals surface area contributed by atoms with Crippen LogP contribution in [0.25, 0.3) is 0 Å². The zero-order valence-corrected chi connectivity index (χ0v) is 13.7. The van der Waals surface area contributed by atoms with E-state index in [1.807, 2.05) is 19.9 Å². The average molecular weight is 323 g/mol. The van der Waals surface area contributed by atoms with E-state index in [2.05, 4.69) is 5.32 Å². The molecule has 2 atom stereocenters. The molecule has 120 valence electrons. The van der Waals surface area contributed by atoms with Crippen molar-refractivity contribution in [1.29, 1.82) is 0 Å². The molecule has 0 radical (unpaired) electrons. The van der Waals surface area contributed by atoms with E-state index < -0.39 is 11.9 Å². The molecule has 2 N–H and O–H groups in total. The number of nitrogens with one attached hydrogen (secondary N) is 1. The minimum absolute atomic E-state index is 0.0294. The molecular weight excluding hydrogens is 302 g/mol. The van der Waals surface area contributed by atoms with Crippen LogP contribution in [0.5, 0.6) is 0 Å². The van der Waals surface area contributed by atoms with Crippen LogP contribution in [0.15, 0.2) is 6.07 Å². The second-order valence-electron chi connectivity index (χ2n) is 5.80. The molecule has 0 saturated heterocycles. The summed E-state index contributed by atoms with van der Waals surface area (Å²) in [5, 5.41) is 11.9. The van der Waals surface area contributed by atoms with Gasteiger partial charge in [0.1, 0.15) is 0 Å². The van der Waals surface area contributed by atoms with Gasteiger partial charge >= 0.3 is 5.97 Å². The minimum atomic E-state index is -0.858. The van der Waals surface area contributed by atoms with Crippen molar-refractivity contribution in [2.45, 2.75) is 52.0 Å². The predicted molar refractivity (Wildman–Crippen MR) is 84.3 cm³/mol. The number of rotatable bonds is 6. The standard InChI is InChI=1S/C16H21NO4S/c1-9-8-12(10(2)22-9)14(18)6-7-15(19)17-13-5-3-4-11(13)16(20)21/h8,11,13H,3-7H2,1-2H3,(H,17,19)(H,20,21)/t11-,13+/m0/s1. The molecule has 1 aromatic heterocycles. The fourth-order valence-corrected chi connectivity index (χ4v) is 3.92. The van der Waals surface area contributed by atoms with Crippen molar-refractivity contribution in [2.75, 3.05) is 0 Å². The van der Waals surface area contributed by atoms with Gasteiger partial charge in [-0.1, -0.05) is 6.42 Å². The molecule has 1 aliphatic carbocycles.